The van der Waals surface area contributed by atoms with Gasteiger partial charge in [0, 0.05) is 19.7 Å². The van der Waals surface area contributed by atoms with E-state index < -0.39 is 0 Å². The molecule has 0 amide bonds. The van der Waals surface area contributed by atoms with E-state index in [4.69, 9.17) is 5.11 Å². The predicted octanol–water partition coefficient (Wildman–Crippen LogP) is 0.287. The number of aliphatic hydroxyl groups is 1. The second-order valence-corrected chi connectivity index (χ2v) is 3.76. The third-order valence-corrected chi connectivity index (χ3v) is 2.49. The van der Waals surface area contributed by atoms with Gasteiger partial charge in [0.15, 0.2) is 5.82 Å². The van der Waals surface area contributed by atoms with Gasteiger partial charge in [-0.2, -0.15) is 0 Å². The maximum absolute atomic E-state index is 8.80. The van der Waals surface area contributed by atoms with E-state index in [1.165, 1.54) is 0 Å². The van der Waals surface area contributed by atoms with Crippen LogP contribution in [0.15, 0.2) is 0 Å². The summed E-state index contributed by atoms with van der Waals surface area (Å²) in [6.45, 7) is 7.88. The van der Waals surface area contributed by atoms with Gasteiger partial charge < -0.3 is 5.11 Å². The topological polar surface area (TPSA) is 67.1 Å². The minimum atomic E-state index is 0.233. The quantitative estimate of drug-likeness (QED) is 0.691. The van der Waals surface area contributed by atoms with Gasteiger partial charge in [0.25, 0.3) is 0 Å². The van der Waals surface area contributed by atoms with Crippen LogP contribution in [0, 0.1) is 0 Å². The molecule has 0 unspecified atom stereocenters. The monoisotopic (exact) mass is 227 g/mol. The zero-order chi connectivity index (χ0) is 11.8. The van der Waals surface area contributed by atoms with Crippen LogP contribution in [0.25, 0.3) is 0 Å². The second kappa shape index (κ2) is 7.29. The molecule has 6 heteroatoms. The molecule has 0 aromatic carbocycles. The average Bonchev–Trinajstić information content (AvgIpc) is 2.72. The smallest absolute Gasteiger partial charge is 0.165 e. The maximum Gasteiger partial charge on any atom is 0.165 e. The van der Waals surface area contributed by atoms with Crippen LogP contribution in [-0.4, -0.2) is 49.9 Å². The van der Waals surface area contributed by atoms with Crippen LogP contribution in [0.4, 0.5) is 0 Å². The Balaban J connectivity index is 2.51. The number of hydrogen-bond acceptors (Lipinski definition) is 5. The normalized spacial score (nSPS) is 11.2. The van der Waals surface area contributed by atoms with E-state index >= 15 is 0 Å². The SMILES string of the molecule is CCCn1nnnc1CN(CC)CCCO. The number of rotatable bonds is 8. The Labute approximate surface area is 96.3 Å². The molecule has 1 rings (SSSR count). The molecule has 92 valence electrons. The number of aromatic nitrogens is 4. The van der Waals surface area contributed by atoms with Crippen molar-refractivity contribution in [1.82, 2.24) is 25.1 Å². The van der Waals surface area contributed by atoms with Crippen molar-refractivity contribution in [3.8, 4) is 0 Å². The Hall–Kier alpha value is -1.01. The van der Waals surface area contributed by atoms with Gasteiger partial charge in [0.05, 0.1) is 6.54 Å². The summed E-state index contributed by atoms with van der Waals surface area (Å²) in [7, 11) is 0. The number of aliphatic hydroxyl groups excluding tert-OH is 1. The molecule has 0 aliphatic rings. The first-order valence-corrected chi connectivity index (χ1v) is 5.90. The van der Waals surface area contributed by atoms with Crippen molar-refractivity contribution in [2.45, 2.75) is 39.8 Å². The highest BCUT2D eigenvalue weighted by Crippen LogP contribution is 2.01. The molecule has 0 spiro atoms. The molecule has 0 radical (unpaired) electrons. The lowest BCUT2D eigenvalue weighted by molar-refractivity contribution is 0.219. The molecule has 1 heterocycles. The molecule has 0 aliphatic carbocycles. The zero-order valence-corrected chi connectivity index (χ0v) is 10.1. The van der Waals surface area contributed by atoms with E-state index in [-0.39, 0.29) is 6.61 Å². The van der Waals surface area contributed by atoms with Crippen molar-refractivity contribution in [2.24, 2.45) is 0 Å². The fourth-order valence-electron chi connectivity index (χ4n) is 1.57. The van der Waals surface area contributed by atoms with E-state index in [2.05, 4.69) is 34.3 Å². The first-order valence-electron chi connectivity index (χ1n) is 5.90. The molecule has 1 aromatic heterocycles. The molecule has 0 saturated carbocycles. The van der Waals surface area contributed by atoms with Gasteiger partial charge in [-0.1, -0.05) is 13.8 Å². The van der Waals surface area contributed by atoms with Crippen molar-refractivity contribution >= 4 is 0 Å². The third-order valence-electron chi connectivity index (χ3n) is 2.49. The average molecular weight is 227 g/mol. The molecule has 0 aliphatic heterocycles. The van der Waals surface area contributed by atoms with Gasteiger partial charge in [-0.15, -0.1) is 5.10 Å². The van der Waals surface area contributed by atoms with Gasteiger partial charge in [-0.25, -0.2) is 4.68 Å². The summed E-state index contributed by atoms with van der Waals surface area (Å²) in [6, 6.07) is 0. The lowest BCUT2D eigenvalue weighted by Crippen LogP contribution is -2.26. The van der Waals surface area contributed by atoms with Gasteiger partial charge in [0.1, 0.15) is 0 Å². The van der Waals surface area contributed by atoms with E-state index in [1.807, 2.05) is 4.68 Å². The van der Waals surface area contributed by atoms with Crippen LogP contribution in [0.5, 0.6) is 0 Å². The molecule has 0 atom stereocenters. The summed E-state index contributed by atoms with van der Waals surface area (Å²) < 4.78 is 1.85. The van der Waals surface area contributed by atoms with Crippen LogP contribution in [0.2, 0.25) is 0 Å². The van der Waals surface area contributed by atoms with Crippen molar-refractivity contribution in [3.05, 3.63) is 5.82 Å². The Kier molecular flexibility index (Phi) is 5.95. The van der Waals surface area contributed by atoms with E-state index in [0.29, 0.717) is 0 Å². The molecule has 0 saturated heterocycles. The first-order chi connectivity index (χ1) is 7.81. The predicted molar refractivity (Wildman–Crippen MR) is 60.8 cm³/mol. The Morgan fingerprint density at radius 3 is 2.81 bits per heavy atom. The summed E-state index contributed by atoms with van der Waals surface area (Å²) in [5.74, 6) is 0.904. The molecule has 1 N–H and O–H groups in total. The fraction of sp³-hybridized carbons (Fsp3) is 0.900. The Morgan fingerprint density at radius 2 is 2.19 bits per heavy atom. The van der Waals surface area contributed by atoms with Crippen LogP contribution in [0.3, 0.4) is 0 Å². The van der Waals surface area contributed by atoms with Crippen molar-refractivity contribution < 1.29 is 5.11 Å². The van der Waals surface area contributed by atoms with Crippen LogP contribution in [-0.2, 0) is 13.1 Å². The number of aryl methyl sites for hydroxylation is 1. The molecular formula is C10H21N5O. The Bertz CT molecular complexity index is 288. The molecule has 16 heavy (non-hydrogen) atoms. The van der Waals surface area contributed by atoms with Gasteiger partial charge in [-0.05, 0) is 29.8 Å². The van der Waals surface area contributed by atoms with Crippen LogP contribution >= 0.6 is 0 Å². The molecule has 1 aromatic rings. The molecular weight excluding hydrogens is 206 g/mol. The lowest BCUT2D eigenvalue weighted by atomic mass is 10.3. The highest BCUT2D eigenvalue weighted by molar-refractivity contribution is 4.80. The summed E-state index contributed by atoms with van der Waals surface area (Å²) >= 11 is 0. The summed E-state index contributed by atoms with van der Waals surface area (Å²) in [6.07, 6.45) is 1.82. The molecule has 6 nitrogen and oxygen atoms in total. The summed E-state index contributed by atoms with van der Waals surface area (Å²) in [5, 5.41) is 20.5. The fourth-order valence-corrected chi connectivity index (χ4v) is 1.57. The standard InChI is InChI=1S/C10H21N5O/c1-3-6-15-10(11-12-13-15)9-14(4-2)7-5-8-16/h16H,3-9H2,1-2H3. The second-order valence-electron chi connectivity index (χ2n) is 3.76. The number of tetrazole rings is 1. The lowest BCUT2D eigenvalue weighted by Gasteiger charge is -2.18. The Morgan fingerprint density at radius 1 is 1.38 bits per heavy atom. The van der Waals surface area contributed by atoms with Crippen molar-refractivity contribution in [1.29, 1.82) is 0 Å². The summed E-state index contributed by atoms with van der Waals surface area (Å²) in [5.41, 5.74) is 0. The summed E-state index contributed by atoms with van der Waals surface area (Å²) in [4.78, 5) is 2.23. The minimum absolute atomic E-state index is 0.233. The van der Waals surface area contributed by atoms with Crippen molar-refractivity contribution in [3.63, 3.8) is 0 Å². The van der Waals surface area contributed by atoms with Crippen LogP contribution < -0.4 is 0 Å². The number of hydrogen-bond donors (Lipinski definition) is 1. The number of nitrogens with zero attached hydrogens (tertiary/aromatic N) is 5. The zero-order valence-electron chi connectivity index (χ0n) is 10.1. The van der Waals surface area contributed by atoms with Gasteiger partial charge in [0.2, 0.25) is 0 Å². The maximum atomic E-state index is 8.80. The van der Waals surface area contributed by atoms with E-state index in [1.54, 1.807) is 0 Å². The molecule has 0 bridgehead atoms. The van der Waals surface area contributed by atoms with Crippen molar-refractivity contribution in [2.75, 3.05) is 19.7 Å². The highest BCUT2D eigenvalue weighted by Gasteiger charge is 2.09. The third kappa shape index (κ3) is 3.86. The van der Waals surface area contributed by atoms with E-state index in [0.717, 1.165) is 44.8 Å². The molecule has 0 fully saturated rings. The van der Waals surface area contributed by atoms with Gasteiger partial charge >= 0.3 is 0 Å². The first kappa shape index (κ1) is 13.1. The highest BCUT2D eigenvalue weighted by atomic mass is 16.3. The van der Waals surface area contributed by atoms with E-state index in [9.17, 15) is 0 Å². The minimum Gasteiger partial charge on any atom is -0.396 e. The largest absolute Gasteiger partial charge is 0.396 e. The van der Waals surface area contributed by atoms with Gasteiger partial charge in [-0.3, -0.25) is 4.90 Å². The van der Waals surface area contributed by atoms with Crippen LogP contribution in [0.1, 0.15) is 32.5 Å².